The van der Waals surface area contributed by atoms with Crippen LogP contribution in [-0.2, 0) is 15.8 Å². The van der Waals surface area contributed by atoms with E-state index in [9.17, 15) is 18.0 Å². The summed E-state index contributed by atoms with van der Waals surface area (Å²) in [6.45, 7) is 3.80. The molecule has 1 atom stereocenters. The molecule has 6 nitrogen and oxygen atoms in total. The van der Waals surface area contributed by atoms with Gasteiger partial charge < -0.3 is 4.52 Å². The lowest BCUT2D eigenvalue weighted by Crippen LogP contribution is -2.32. The average Bonchev–Trinajstić information content (AvgIpc) is 3.11. The maximum atomic E-state index is 12.5. The number of alkyl halides is 3. The van der Waals surface area contributed by atoms with E-state index in [0.29, 0.717) is 12.0 Å². The number of carbonyl (C=O) groups is 1. The number of hydrogen-bond donors (Lipinski definition) is 0. The number of hydroxylamine groups is 2. The summed E-state index contributed by atoms with van der Waals surface area (Å²) in [5.74, 6) is -1.67. The van der Waals surface area contributed by atoms with Crippen molar-refractivity contribution in [3.63, 3.8) is 0 Å². The molecule has 0 saturated carbocycles. The highest BCUT2D eigenvalue weighted by Gasteiger charge is 2.38. The van der Waals surface area contributed by atoms with Crippen LogP contribution >= 0.6 is 0 Å². The first-order valence-corrected chi connectivity index (χ1v) is 8.15. The second-order valence-corrected chi connectivity index (χ2v) is 5.72. The van der Waals surface area contributed by atoms with Gasteiger partial charge in [-0.1, -0.05) is 42.8 Å². The minimum Gasteiger partial charge on any atom is -0.329 e. The van der Waals surface area contributed by atoms with Gasteiger partial charge in [0, 0.05) is 12.0 Å². The Labute approximate surface area is 148 Å². The van der Waals surface area contributed by atoms with Crippen LogP contribution < -0.4 is 0 Å². The first-order valence-electron chi connectivity index (χ1n) is 8.15. The van der Waals surface area contributed by atoms with Crippen LogP contribution in [0.4, 0.5) is 13.2 Å². The summed E-state index contributed by atoms with van der Waals surface area (Å²) >= 11 is 0. The number of halogens is 3. The third kappa shape index (κ3) is 4.60. The normalized spacial score (nSPS) is 12.8. The Bertz CT molecular complexity index is 729. The lowest BCUT2D eigenvalue weighted by molar-refractivity contribution is -0.188. The van der Waals surface area contributed by atoms with E-state index in [1.54, 1.807) is 31.2 Å². The fraction of sp³-hybridized carbons (Fsp3) is 0.471. The molecule has 26 heavy (non-hydrogen) atoms. The van der Waals surface area contributed by atoms with Crippen LogP contribution in [0.25, 0.3) is 11.4 Å². The molecular formula is C17H20F3N3O3. The molecule has 0 radical (unpaired) electrons. The lowest BCUT2D eigenvalue weighted by Gasteiger charge is -2.27. The third-order valence-corrected chi connectivity index (χ3v) is 3.86. The minimum absolute atomic E-state index is 0.126. The summed E-state index contributed by atoms with van der Waals surface area (Å²) in [4.78, 5) is 20.7. The summed E-state index contributed by atoms with van der Waals surface area (Å²) in [5.41, 5.74) is 1.14. The van der Waals surface area contributed by atoms with Crippen molar-refractivity contribution in [3.05, 3.63) is 35.7 Å². The molecule has 0 aliphatic heterocycles. The van der Waals surface area contributed by atoms with Crippen LogP contribution in [-0.4, -0.2) is 28.2 Å². The SMILES string of the molecule is CCCCC(=O)N(OC)C(C)c1ccc(-c2noc(C(F)(F)F)n2)cc1. The highest BCUT2D eigenvalue weighted by atomic mass is 19.4. The zero-order valence-electron chi connectivity index (χ0n) is 14.7. The topological polar surface area (TPSA) is 68.5 Å². The minimum atomic E-state index is -4.68. The standard InChI is InChI=1S/C17H20F3N3O3/c1-4-5-6-14(24)23(25-3)11(2)12-7-9-13(10-8-12)15-21-16(26-22-15)17(18,19)20/h7-11H,4-6H2,1-3H3. The second-order valence-electron chi connectivity index (χ2n) is 5.72. The van der Waals surface area contributed by atoms with Gasteiger partial charge in [-0.3, -0.25) is 9.63 Å². The Morgan fingerprint density at radius 2 is 1.96 bits per heavy atom. The van der Waals surface area contributed by atoms with Gasteiger partial charge >= 0.3 is 12.1 Å². The molecule has 1 amide bonds. The molecule has 142 valence electrons. The third-order valence-electron chi connectivity index (χ3n) is 3.86. The zero-order valence-corrected chi connectivity index (χ0v) is 14.7. The van der Waals surface area contributed by atoms with Gasteiger partial charge in [-0.15, -0.1) is 0 Å². The van der Waals surface area contributed by atoms with Gasteiger partial charge in [0.15, 0.2) is 0 Å². The monoisotopic (exact) mass is 371 g/mol. The molecule has 9 heteroatoms. The number of carbonyl (C=O) groups excluding carboxylic acids is 1. The van der Waals surface area contributed by atoms with E-state index >= 15 is 0 Å². The number of benzene rings is 1. The molecule has 2 rings (SSSR count). The van der Waals surface area contributed by atoms with Crippen molar-refractivity contribution in [1.82, 2.24) is 15.2 Å². The van der Waals surface area contributed by atoms with E-state index in [1.807, 2.05) is 6.92 Å². The van der Waals surface area contributed by atoms with Crippen molar-refractivity contribution in [3.8, 4) is 11.4 Å². The van der Waals surface area contributed by atoms with Gasteiger partial charge in [-0.2, -0.15) is 18.2 Å². The molecule has 0 spiro atoms. The van der Waals surface area contributed by atoms with Crippen LogP contribution in [0.15, 0.2) is 28.8 Å². The number of aromatic nitrogens is 2. The number of hydrogen-bond acceptors (Lipinski definition) is 5. The lowest BCUT2D eigenvalue weighted by atomic mass is 10.1. The Morgan fingerprint density at radius 1 is 1.31 bits per heavy atom. The Kier molecular flexibility index (Phi) is 6.36. The number of unbranched alkanes of at least 4 members (excludes halogenated alkanes) is 1. The summed E-state index contributed by atoms with van der Waals surface area (Å²) < 4.78 is 41.8. The maximum absolute atomic E-state index is 12.5. The van der Waals surface area contributed by atoms with Crippen LogP contribution in [0.2, 0.25) is 0 Å². The van der Waals surface area contributed by atoms with Crippen molar-refractivity contribution >= 4 is 5.91 Å². The summed E-state index contributed by atoms with van der Waals surface area (Å²) in [6, 6.07) is 6.16. The number of rotatable bonds is 7. The van der Waals surface area contributed by atoms with Crippen molar-refractivity contribution in [2.75, 3.05) is 7.11 Å². The van der Waals surface area contributed by atoms with Crippen molar-refractivity contribution < 1.29 is 27.3 Å². The average molecular weight is 371 g/mol. The van der Waals surface area contributed by atoms with E-state index in [1.165, 1.54) is 12.2 Å². The fourth-order valence-corrected chi connectivity index (χ4v) is 2.42. The van der Waals surface area contributed by atoms with Crippen LogP contribution in [0, 0.1) is 0 Å². The molecule has 0 bridgehead atoms. The smallest absolute Gasteiger partial charge is 0.329 e. The van der Waals surface area contributed by atoms with E-state index in [4.69, 9.17) is 4.84 Å². The highest BCUT2D eigenvalue weighted by molar-refractivity contribution is 5.75. The Balaban J connectivity index is 2.15. The predicted octanol–water partition coefficient (Wildman–Crippen LogP) is 4.40. The van der Waals surface area contributed by atoms with Crippen LogP contribution in [0.5, 0.6) is 0 Å². The van der Waals surface area contributed by atoms with E-state index < -0.39 is 12.1 Å². The molecular weight excluding hydrogens is 351 g/mol. The van der Waals surface area contributed by atoms with E-state index in [2.05, 4.69) is 14.7 Å². The van der Waals surface area contributed by atoms with E-state index in [0.717, 1.165) is 18.4 Å². The molecule has 1 aromatic heterocycles. The molecule has 0 fully saturated rings. The molecule has 1 unspecified atom stereocenters. The first kappa shape index (κ1) is 19.9. The molecule has 0 N–H and O–H groups in total. The summed E-state index contributed by atoms with van der Waals surface area (Å²) in [7, 11) is 1.42. The van der Waals surface area contributed by atoms with Gasteiger partial charge in [0.05, 0.1) is 13.2 Å². The van der Waals surface area contributed by atoms with Crippen molar-refractivity contribution in [2.24, 2.45) is 0 Å². The second kappa shape index (κ2) is 8.31. The van der Waals surface area contributed by atoms with Gasteiger partial charge in [0.25, 0.3) is 0 Å². The molecule has 2 aromatic rings. The van der Waals surface area contributed by atoms with Gasteiger partial charge in [0.2, 0.25) is 11.7 Å². The van der Waals surface area contributed by atoms with Gasteiger partial charge in [-0.05, 0) is 18.9 Å². The molecule has 1 heterocycles. The summed E-state index contributed by atoms with van der Waals surface area (Å²) in [5, 5.41) is 4.64. The van der Waals surface area contributed by atoms with Crippen LogP contribution in [0.3, 0.4) is 0 Å². The zero-order chi connectivity index (χ0) is 19.3. The number of amides is 1. The van der Waals surface area contributed by atoms with Crippen molar-refractivity contribution in [1.29, 1.82) is 0 Å². The van der Waals surface area contributed by atoms with Gasteiger partial charge in [0.1, 0.15) is 0 Å². The Morgan fingerprint density at radius 3 is 2.46 bits per heavy atom. The predicted molar refractivity (Wildman–Crippen MR) is 86.5 cm³/mol. The van der Waals surface area contributed by atoms with Crippen LogP contribution in [0.1, 0.15) is 50.6 Å². The fourth-order valence-electron chi connectivity index (χ4n) is 2.42. The highest BCUT2D eigenvalue weighted by Crippen LogP contribution is 2.30. The van der Waals surface area contributed by atoms with Gasteiger partial charge in [-0.25, -0.2) is 5.06 Å². The number of nitrogens with zero attached hydrogens (tertiary/aromatic N) is 3. The largest absolute Gasteiger partial charge is 0.471 e. The molecule has 1 aromatic carbocycles. The maximum Gasteiger partial charge on any atom is 0.471 e. The molecule has 0 aliphatic rings. The van der Waals surface area contributed by atoms with Crippen molar-refractivity contribution in [2.45, 2.75) is 45.3 Å². The molecule has 0 aliphatic carbocycles. The van der Waals surface area contributed by atoms with E-state index in [-0.39, 0.29) is 17.8 Å². The quantitative estimate of drug-likeness (QED) is 0.675. The molecule has 0 saturated heterocycles. The first-order chi connectivity index (χ1) is 12.3. The Hall–Kier alpha value is -2.42. The summed E-state index contributed by atoms with van der Waals surface area (Å²) in [6.07, 6.45) is -2.63.